The average molecular weight is 317 g/mol. The van der Waals surface area contributed by atoms with Crippen molar-refractivity contribution in [1.82, 2.24) is 9.97 Å². The van der Waals surface area contributed by atoms with Crippen molar-refractivity contribution in [2.75, 3.05) is 0 Å². The molecule has 6 nitrogen and oxygen atoms in total. The number of carbonyl (C=O) groups excluding carboxylic acids is 2. The monoisotopic (exact) mass is 316 g/mol. The maximum absolute atomic E-state index is 11.2. The van der Waals surface area contributed by atoms with Crippen LogP contribution in [0.2, 0.25) is 0 Å². The third-order valence-electron chi connectivity index (χ3n) is 1.67. The van der Waals surface area contributed by atoms with E-state index < -0.39 is 18.0 Å². The maximum Gasteiger partial charge on any atom is 0.337 e. The summed E-state index contributed by atoms with van der Waals surface area (Å²) in [5.74, 6) is -1.59. The summed E-state index contributed by atoms with van der Waals surface area (Å²) in [7, 11) is 0. The van der Waals surface area contributed by atoms with Crippen molar-refractivity contribution in [3.63, 3.8) is 0 Å². The third kappa shape index (κ3) is 4.54. The molecule has 1 radical (unpaired) electrons. The van der Waals surface area contributed by atoms with Gasteiger partial charge in [0.25, 0.3) is 0 Å². The number of hydrogen-bond acceptors (Lipinski definition) is 5. The fraction of sp³-hybridized carbons (Fsp3) is 0.222. The first-order valence-corrected chi connectivity index (χ1v) is 4.24. The Morgan fingerprint density at radius 2 is 2.38 bits per heavy atom. The normalized spacial score (nSPS) is 11.1. The van der Waals surface area contributed by atoms with E-state index in [0.717, 1.165) is 6.08 Å². The van der Waals surface area contributed by atoms with Crippen molar-refractivity contribution in [2.45, 2.75) is 12.5 Å². The van der Waals surface area contributed by atoms with Crippen LogP contribution >= 0.6 is 0 Å². The van der Waals surface area contributed by atoms with Gasteiger partial charge in [-0.15, -0.1) is 0 Å². The van der Waals surface area contributed by atoms with Crippen molar-refractivity contribution >= 4 is 11.9 Å². The van der Waals surface area contributed by atoms with Crippen molar-refractivity contribution in [3.05, 3.63) is 30.9 Å². The standard InChI is InChI=1S/C9H11N3O3.Ag/c1-2-8(13)15-9(14)7(10)3-6-4-11-5-12-6;/h2,4-5,7H,1,3,10H2,(H,11,12);/t7-;/m0./s1. The van der Waals surface area contributed by atoms with Gasteiger partial charge in [0.2, 0.25) is 0 Å². The number of aromatic amines is 1. The van der Waals surface area contributed by atoms with Gasteiger partial charge in [-0.25, -0.2) is 14.6 Å². The largest absolute Gasteiger partial charge is 0.389 e. The van der Waals surface area contributed by atoms with E-state index in [1.807, 2.05) is 0 Å². The molecular formula is C9H11AgN3O3. The molecule has 7 heteroatoms. The minimum absolute atomic E-state index is 0. The molecule has 0 bridgehead atoms. The molecule has 0 aromatic carbocycles. The predicted octanol–water partition coefficient (Wildman–Crippen LogP) is -0.467. The molecule has 0 fully saturated rings. The SMILES string of the molecule is C=CC(=O)OC(=O)[C@@H](N)Cc1cnc[nH]1.[Ag]. The fourth-order valence-electron chi connectivity index (χ4n) is 0.933. The molecular weight excluding hydrogens is 306 g/mol. The number of ether oxygens (including phenoxy) is 1. The summed E-state index contributed by atoms with van der Waals surface area (Å²) in [6.07, 6.45) is 4.16. The number of nitrogens with one attached hydrogen (secondary N) is 1. The molecule has 0 saturated heterocycles. The molecule has 1 heterocycles. The number of carbonyl (C=O) groups is 2. The molecule has 16 heavy (non-hydrogen) atoms. The number of aromatic nitrogens is 2. The van der Waals surface area contributed by atoms with Gasteiger partial charge in [-0.3, -0.25) is 0 Å². The Kier molecular flexibility index (Phi) is 6.59. The molecule has 0 saturated carbocycles. The molecule has 1 rings (SSSR count). The molecule has 0 unspecified atom stereocenters. The van der Waals surface area contributed by atoms with E-state index in [9.17, 15) is 9.59 Å². The maximum atomic E-state index is 11.2. The number of H-pyrrole nitrogens is 1. The van der Waals surface area contributed by atoms with Crippen molar-refractivity contribution < 1.29 is 36.7 Å². The Labute approximate surface area is 108 Å². The zero-order chi connectivity index (χ0) is 11.3. The van der Waals surface area contributed by atoms with Crippen LogP contribution in [0.5, 0.6) is 0 Å². The van der Waals surface area contributed by atoms with E-state index in [4.69, 9.17) is 5.73 Å². The smallest absolute Gasteiger partial charge is 0.337 e. The molecule has 91 valence electrons. The van der Waals surface area contributed by atoms with Crippen molar-refractivity contribution in [1.29, 1.82) is 0 Å². The summed E-state index contributed by atoms with van der Waals surface area (Å²) in [6, 6.07) is -0.894. The molecule has 0 aliphatic rings. The van der Waals surface area contributed by atoms with E-state index >= 15 is 0 Å². The van der Waals surface area contributed by atoms with Crippen LogP contribution in [0.1, 0.15) is 5.69 Å². The molecule has 0 aliphatic heterocycles. The second kappa shape index (κ2) is 7.13. The van der Waals surface area contributed by atoms with Crippen LogP contribution in [0, 0.1) is 0 Å². The summed E-state index contributed by atoms with van der Waals surface area (Å²) in [6.45, 7) is 3.16. The van der Waals surface area contributed by atoms with E-state index in [-0.39, 0.29) is 28.8 Å². The van der Waals surface area contributed by atoms with Crippen molar-refractivity contribution in [2.24, 2.45) is 5.73 Å². The van der Waals surface area contributed by atoms with E-state index in [0.29, 0.717) is 5.69 Å². The van der Waals surface area contributed by atoms with Gasteiger partial charge in [-0.2, -0.15) is 0 Å². The Morgan fingerprint density at radius 1 is 1.69 bits per heavy atom. The summed E-state index contributed by atoms with van der Waals surface area (Å²) < 4.78 is 4.35. The number of imidazole rings is 1. The minimum atomic E-state index is -0.894. The summed E-state index contributed by atoms with van der Waals surface area (Å²) in [5, 5.41) is 0. The van der Waals surface area contributed by atoms with Crippen LogP contribution in [0.3, 0.4) is 0 Å². The first kappa shape index (κ1) is 14.8. The fourth-order valence-corrected chi connectivity index (χ4v) is 0.933. The summed E-state index contributed by atoms with van der Waals surface area (Å²) in [5.41, 5.74) is 6.20. The van der Waals surface area contributed by atoms with Gasteiger partial charge in [-0.05, 0) is 0 Å². The first-order chi connectivity index (χ1) is 7.13. The quantitative estimate of drug-likeness (QED) is 0.339. The van der Waals surface area contributed by atoms with Crippen LogP contribution in [0.4, 0.5) is 0 Å². The molecule has 1 aromatic rings. The molecule has 0 spiro atoms. The zero-order valence-electron chi connectivity index (χ0n) is 8.27. The van der Waals surface area contributed by atoms with Crippen LogP contribution in [-0.4, -0.2) is 27.9 Å². The number of nitrogens with two attached hydrogens (primary N) is 1. The molecule has 0 amide bonds. The predicted molar refractivity (Wildman–Crippen MR) is 51.6 cm³/mol. The van der Waals surface area contributed by atoms with Crippen LogP contribution < -0.4 is 5.73 Å². The van der Waals surface area contributed by atoms with E-state index in [1.165, 1.54) is 6.33 Å². The first-order valence-electron chi connectivity index (χ1n) is 4.24. The topological polar surface area (TPSA) is 98.1 Å². The van der Waals surface area contributed by atoms with Crippen LogP contribution in [0.25, 0.3) is 0 Å². The number of nitrogens with zero attached hydrogens (tertiary/aromatic N) is 1. The van der Waals surface area contributed by atoms with Gasteiger partial charge < -0.3 is 15.5 Å². The van der Waals surface area contributed by atoms with Gasteiger partial charge >= 0.3 is 11.9 Å². The molecule has 1 atom stereocenters. The van der Waals surface area contributed by atoms with Crippen LogP contribution in [-0.2, 0) is 43.1 Å². The molecule has 0 aliphatic carbocycles. The Hall–Kier alpha value is -1.21. The number of esters is 2. The van der Waals surface area contributed by atoms with E-state index in [2.05, 4.69) is 21.3 Å². The van der Waals surface area contributed by atoms with Crippen molar-refractivity contribution in [3.8, 4) is 0 Å². The summed E-state index contributed by atoms with van der Waals surface area (Å²) in [4.78, 5) is 28.4. The van der Waals surface area contributed by atoms with E-state index in [1.54, 1.807) is 6.20 Å². The van der Waals surface area contributed by atoms with Crippen LogP contribution in [0.15, 0.2) is 25.2 Å². The Bertz CT molecular complexity index is 364. The second-order valence-electron chi connectivity index (χ2n) is 2.83. The minimum Gasteiger partial charge on any atom is -0.389 e. The summed E-state index contributed by atoms with van der Waals surface area (Å²) >= 11 is 0. The Balaban J connectivity index is 0.00000225. The third-order valence-corrected chi connectivity index (χ3v) is 1.67. The van der Waals surface area contributed by atoms with Gasteiger partial charge in [0.05, 0.1) is 6.33 Å². The molecule has 3 N–H and O–H groups in total. The molecule has 1 aromatic heterocycles. The van der Waals surface area contributed by atoms with Gasteiger partial charge in [0.15, 0.2) is 0 Å². The zero-order valence-corrected chi connectivity index (χ0v) is 9.76. The number of rotatable bonds is 4. The van der Waals surface area contributed by atoms with Gasteiger partial charge in [-0.1, -0.05) is 6.58 Å². The number of hydrogen-bond donors (Lipinski definition) is 2. The average Bonchev–Trinajstić information content (AvgIpc) is 2.70. The Morgan fingerprint density at radius 3 is 2.88 bits per heavy atom. The second-order valence-corrected chi connectivity index (χ2v) is 2.83. The van der Waals surface area contributed by atoms with Gasteiger partial charge in [0.1, 0.15) is 6.04 Å². The van der Waals surface area contributed by atoms with Gasteiger partial charge in [0, 0.05) is 46.8 Å².